The molecule has 26 heavy (non-hydrogen) atoms. The molecule has 0 heterocycles. The lowest BCUT2D eigenvalue weighted by atomic mass is 9.86. The molecule has 0 bridgehead atoms. The molecule has 7 heteroatoms. The summed E-state index contributed by atoms with van der Waals surface area (Å²) in [6.07, 6.45) is 3.39. The van der Waals surface area contributed by atoms with Gasteiger partial charge < -0.3 is 15.2 Å². The van der Waals surface area contributed by atoms with Gasteiger partial charge in [0.05, 0.1) is 6.04 Å². The lowest BCUT2D eigenvalue weighted by molar-refractivity contribution is -0.140. The van der Waals surface area contributed by atoms with Crippen molar-refractivity contribution in [2.45, 2.75) is 43.2 Å². The van der Waals surface area contributed by atoms with Gasteiger partial charge in [-0.25, -0.2) is 4.79 Å². The van der Waals surface area contributed by atoms with E-state index >= 15 is 0 Å². The predicted molar refractivity (Wildman–Crippen MR) is 97.8 cm³/mol. The monoisotopic (exact) mass is 423 g/mol. The molecule has 1 aromatic rings. The lowest BCUT2D eigenvalue weighted by Gasteiger charge is -2.27. The number of alkyl halides is 1. The van der Waals surface area contributed by atoms with Gasteiger partial charge in [-0.3, -0.25) is 9.59 Å². The summed E-state index contributed by atoms with van der Waals surface area (Å²) < 4.78 is 5.23. The van der Waals surface area contributed by atoms with E-state index in [2.05, 4.69) is 21.2 Å². The average Bonchev–Trinajstić information content (AvgIpc) is 3.53. The number of halogens is 1. The van der Waals surface area contributed by atoms with Crippen LogP contribution in [0.3, 0.4) is 0 Å². The van der Waals surface area contributed by atoms with Crippen LogP contribution in [-0.4, -0.2) is 33.8 Å². The Labute approximate surface area is 160 Å². The van der Waals surface area contributed by atoms with Gasteiger partial charge in [-0.2, -0.15) is 0 Å². The molecule has 3 rings (SSSR count). The van der Waals surface area contributed by atoms with E-state index in [1.54, 1.807) is 0 Å². The van der Waals surface area contributed by atoms with Crippen LogP contribution in [0.1, 0.15) is 31.2 Å². The Morgan fingerprint density at radius 1 is 1.12 bits per heavy atom. The maximum Gasteiger partial charge on any atom is 0.408 e. The van der Waals surface area contributed by atoms with Crippen molar-refractivity contribution in [2.24, 2.45) is 17.8 Å². The van der Waals surface area contributed by atoms with Gasteiger partial charge in [0.1, 0.15) is 6.61 Å². The fourth-order valence-electron chi connectivity index (χ4n) is 3.42. The van der Waals surface area contributed by atoms with Crippen molar-refractivity contribution in [3.8, 4) is 0 Å². The zero-order valence-corrected chi connectivity index (χ0v) is 15.9. The number of alkyl carbamates (subject to hydrolysis) is 1. The highest BCUT2D eigenvalue weighted by atomic mass is 79.9. The molecule has 1 amide bonds. The number of carboxylic acids is 1. The van der Waals surface area contributed by atoms with E-state index < -0.39 is 28.7 Å². The van der Waals surface area contributed by atoms with E-state index in [4.69, 9.17) is 9.84 Å². The van der Waals surface area contributed by atoms with Crippen molar-refractivity contribution in [2.75, 3.05) is 0 Å². The average molecular weight is 424 g/mol. The molecule has 2 fully saturated rings. The molecule has 0 saturated heterocycles. The number of hydrogen-bond donors (Lipinski definition) is 2. The second-order valence-electron chi connectivity index (χ2n) is 7.04. The van der Waals surface area contributed by atoms with E-state index in [1.807, 2.05) is 30.3 Å². The molecule has 0 radical (unpaired) electrons. The SMILES string of the molecule is O=C(NC(C(=O)C(Br)C(=O)O)C(C1CC1)C1CC1)OCc1ccccc1. The number of carbonyl (C=O) groups excluding carboxylic acids is 2. The number of aliphatic carboxylic acids is 1. The first kappa shape index (κ1) is 18.9. The van der Waals surface area contributed by atoms with E-state index in [1.165, 1.54) is 0 Å². The number of carbonyl (C=O) groups is 3. The van der Waals surface area contributed by atoms with Crippen LogP contribution in [0.5, 0.6) is 0 Å². The molecule has 0 spiro atoms. The number of amides is 1. The van der Waals surface area contributed by atoms with Crippen LogP contribution in [-0.2, 0) is 20.9 Å². The quantitative estimate of drug-likeness (QED) is 0.470. The highest BCUT2D eigenvalue weighted by molar-refractivity contribution is 9.10. The summed E-state index contributed by atoms with van der Waals surface area (Å²) >= 11 is 2.94. The summed E-state index contributed by atoms with van der Waals surface area (Å²) in [5, 5.41) is 11.8. The topological polar surface area (TPSA) is 92.7 Å². The van der Waals surface area contributed by atoms with Gasteiger partial charge in [-0.1, -0.05) is 46.3 Å². The van der Waals surface area contributed by atoms with Crippen LogP contribution < -0.4 is 5.32 Å². The minimum absolute atomic E-state index is 0.00817. The van der Waals surface area contributed by atoms with Crippen molar-refractivity contribution in [1.29, 1.82) is 0 Å². The minimum Gasteiger partial charge on any atom is -0.480 e. The maximum atomic E-state index is 12.7. The summed E-state index contributed by atoms with van der Waals surface area (Å²) in [5.41, 5.74) is 0.843. The molecular weight excluding hydrogens is 402 g/mol. The molecular formula is C19H22BrNO5. The van der Waals surface area contributed by atoms with Gasteiger partial charge in [0.25, 0.3) is 0 Å². The first-order valence-electron chi connectivity index (χ1n) is 8.85. The molecule has 0 aromatic heterocycles. The number of hydrogen-bond acceptors (Lipinski definition) is 4. The molecule has 1 aromatic carbocycles. The zero-order valence-electron chi connectivity index (χ0n) is 14.3. The Balaban J connectivity index is 1.67. The van der Waals surface area contributed by atoms with Gasteiger partial charge in [-0.05, 0) is 49.0 Å². The second-order valence-corrected chi connectivity index (χ2v) is 7.95. The van der Waals surface area contributed by atoms with Gasteiger partial charge in [-0.15, -0.1) is 0 Å². The van der Waals surface area contributed by atoms with Crippen LogP contribution in [0.25, 0.3) is 0 Å². The third-order valence-electron chi connectivity index (χ3n) is 4.98. The van der Waals surface area contributed by atoms with Gasteiger partial charge in [0.15, 0.2) is 10.6 Å². The van der Waals surface area contributed by atoms with Crippen molar-refractivity contribution in [3.05, 3.63) is 35.9 Å². The molecule has 2 aliphatic rings. The molecule has 6 nitrogen and oxygen atoms in total. The molecule has 0 aliphatic heterocycles. The third kappa shape index (κ3) is 4.84. The number of nitrogens with one attached hydrogen (secondary N) is 1. The van der Waals surface area contributed by atoms with Crippen LogP contribution >= 0.6 is 15.9 Å². The number of carboxylic acid groups (broad SMARTS) is 1. The summed E-state index contributed by atoms with van der Waals surface area (Å²) in [6.45, 7) is 0.0990. The van der Waals surface area contributed by atoms with Crippen LogP contribution in [0.4, 0.5) is 4.79 Å². The summed E-state index contributed by atoms with van der Waals surface area (Å²) in [5.74, 6) is -1.02. The second kappa shape index (κ2) is 8.20. The fourth-order valence-corrected chi connectivity index (χ4v) is 3.70. The summed E-state index contributed by atoms with van der Waals surface area (Å²) in [7, 11) is 0. The number of ketones is 1. The number of rotatable bonds is 9. The van der Waals surface area contributed by atoms with Crippen molar-refractivity contribution in [1.82, 2.24) is 5.32 Å². The van der Waals surface area contributed by atoms with Crippen molar-refractivity contribution < 1.29 is 24.2 Å². The normalized spacial score (nSPS) is 18.8. The Morgan fingerprint density at radius 3 is 2.19 bits per heavy atom. The Kier molecular flexibility index (Phi) is 5.96. The zero-order chi connectivity index (χ0) is 18.7. The van der Waals surface area contributed by atoms with E-state index in [-0.39, 0.29) is 12.5 Å². The van der Waals surface area contributed by atoms with E-state index in [0.29, 0.717) is 11.8 Å². The van der Waals surface area contributed by atoms with Gasteiger partial charge in [0.2, 0.25) is 0 Å². The standard InChI is InChI=1S/C19H22BrNO5/c20-15(18(23)24)17(22)16(14(12-6-7-12)13-8-9-13)21-19(25)26-10-11-4-2-1-3-5-11/h1-5,12-16H,6-10H2,(H,21,25)(H,23,24). The van der Waals surface area contributed by atoms with E-state index in [0.717, 1.165) is 31.2 Å². The fraction of sp³-hybridized carbons (Fsp3) is 0.526. The first-order valence-corrected chi connectivity index (χ1v) is 9.76. The predicted octanol–water partition coefficient (Wildman–Crippen LogP) is 3.13. The maximum absolute atomic E-state index is 12.7. The summed E-state index contributed by atoms with van der Waals surface area (Å²) in [4.78, 5) is 34.9. The molecule has 140 valence electrons. The van der Waals surface area contributed by atoms with Crippen molar-refractivity contribution in [3.63, 3.8) is 0 Å². The molecule has 2 atom stereocenters. The lowest BCUT2D eigenvalue weighted by Crippen LogP contribution is -2.51. The van der Waals surface area contributed by atoms with Gasteiger partial charge in [0, 0.05) is 0 Å². The highest BCUT2D eigenvalue weighted by Crippen LogP contribution is 2.51. The third-order valence-corrected chi connectivity index (χ3v) is 5.82. The van der Waals surface area contributed by atoms with Gasteiger partial charge >= 0.3 is 12.1 Å². The number of Topliss-reactive ketones (excluding diaryl/α,β-unsaturated/α-hetero) is 1. The number of ether oxygens (including phenoxy) is 1. The highest BCUT2D eigenvalue weighted by Gasteiger charge is 2.49. The molecule has 2 aliphatic carbocycles. The van der Waals surface area contributed by atoms with Crippen LogP contribution in [0.15, 0.2) is 30.3 Å². The van der Waals surface area contributed by atoms with Crippen molar-refractivity contribution >= 4 is 33.8 Å². The Hall–Kier alpha value is -1.89. The smallest absolute Gasteiger partial charge is 0.408 e. The van der Waals surface area contributed by atoms with E-state index in [9.17, 15) is 14.4 Å². The minimum atomic E-state index is -1.33. The largest absolute Gasteiger partial charge is 0.480 e. The Bertz CT molecular complexity index is 660. The molecule has 2 N–H and O–H groups in total. The summed E-state index contributed by atoms with van der Waals surface area (Å²) in [6, 6.07) is 8.41. The molecule has 2 saturated carbocycles. The molecule has 2 unspecified atom stereocenters. The first-order chi connectivity index (χ1) is 12.5. The number of benzene rings is 1. The Morgan fingerprint density at radius 2 is 1.69 bits per heavy atom. The van der Waals surface area contributed by atoms with Crippen LogP contribution in [0.2, 0.25) is 0 Å². The van der Waals surface area contributed by atoms with Crippen LogP contribution in [0, 0.1) is 17.8 Å².